The van der Waals surface area contributed by atoms with Crippen molar-refractivity contribution < 1.29 is 38.1 Å². The topological polar surface area (TPSA) is 97.4 Å². The average Bonchev–Trinajstić information content (AvgIpc) is 3.05. The number of esters is 3. The highest BCUT2D eigenvalue weighted by Crippen LogP contribution is 2.24. The van der Waals surface area contributed by atoms with Gasteiger partial charge in [-0.3, -0.25) is 4.79 Å². The molecule has 0 aliphatic heterocycles. The molecule has 3 aromatic rings. The zero-order valence-electron chi connectivity index (χ0n) is 25.0. The molecule has 0 saturated heterocycles. The molecule has 0 radical (unpaired) electrons. The summed E-state index contributed by atoms with van der Waals surface area (Å²) >= 11 is 0. The van der Waals surface area contributed by atoms with Gasteiger partial charge in [0.05, 0.1) is 31.6 Å². The number of unbranched alkanes of at least 4 members (excludes halogenated alkanes) is 5. The molecule has 3 aromatic carbocycles. The molecule has 0 bridgehead atoms. The summed E-state index contributed by atoms with van der Waals surface area (Å²) in [6.45, 7) is 8.30. The fourth-order valence-corrected chi connectivity index (χ4v) is 4.18. The number of hydrogen-bond donors (Lipinski definition) is 0. The summed E-state index contributed by atoms with van der Waals surface area (Å²) in [5.74, 6) is 0.803. The normalized spacial score (nSPS) is 10.4. The van der Waals surface area contributed by atoms with E-state index in [1.807, 2.05) is 36.4 Å². The lowest BCUT2D eigenvalue weighted by atomic mass is 10.0. The van der Waals surface area contributed by atoms with E-state index in [9.17, 15) is 14.4 Å². The smallest absolute Gasteiger partial charge is 0.343 e. The molecule has 0 unspecified atom stereocenters. The first-order valence-corrected chi connectivity index (χ1v) is 14.9. The summed E-state index contributed by atoms with van der Waals surface area (Å²) in [7, 11) is 0. The van der Waals surface area contributed by atoms with Crippen molar-refractivity contribution in [2.24, 2.45) is 0 Å². The highest BCUT2D eigenvalue weighted by Gasteiger charge is 2.10. The summed E-state index contributed by atoms with van der Waals surface area (Å²) in [6, 6.07) is 22.0. The fourth-order valence-electron chi connectivity index (χ4n) is 4.18. The van der Waals surface area contributed by atoms with Gasteiger partial charge in [0.15, 0.2) is 0 Å². The third-order valence-corrected chi connectivity index (χ3v) is 6.57. The molecule has 3 rings (SSSR count). The van der Waals surface area contributed by atoms with Crippen LogP contribution in [0.15, 0.2) is 98.3 Å². The van der Waals surface area contributed by atoms with Crippen LogP contribution in [0.5, 0.6) is 17.2 Å². The van der Waals surface area contributed by atoms with Crippen molar-refractivity contribution in [3.8, 4) is 28.4 Å². The molecule has 0 aliphatic rings. The minimum atomic E-state index is -0.443. The Morgan fingerprint density at radius 1 is 0.591 bits per heavy atom. The van der Waals surface area contributed by atoms with Crippen LogP contribution in [0.1, 0.15) is 61.7 Å². The molecule has 0 spiro atoms. The Labute approximate surface area is 259 Å². The first-order valence-electron chi connectivity index (χ1n) is 14.9. The van der Waals surface area contributed by atoms with Gasteiger partial charge < -0.3 is 23.7 Å². The highest BCUT2D eigenvalue weighted by atomic mass is 16.5. The molecule has 0 heterocycles. The van der Waals surface area contributed by atoms with Crippen LogP contribution in [-0.4, -0.2) is 37.7 Å². The van der Waals surface area contributed by atoms with E-state index < -0.39 is 5.97 Å². The SMILES string of the molecule is C=COC(=O)CCCCCOc1ccc(OC(=O)c2ccc(-c3ccc(OCCCCCCOC(=O)C=C)cc3)cc2)cc1. The predicted molar refractivity (Wildman–Crippen MR) is 169 cm³/mol. The second-order valence-corrected chi connectivity index (χ2v) is 9.91. The van der Waals surface area contributed by atoms with Crippen LogP contribution in [0.2, 0.25) is 0 Å². The Balaban J connectivity index is 1.34. The standard InChI is InChI=1S/C36H40O8/c1-3-34(37)43-27-10-6-5-9-25-41-31-19-17-29(18-20-31)28-13-15-30(16-14-28)36(39)44-33-23-21-32(22-24-33)42-26-11-7-8-12-35(38)40-4-2/h3-4,13-24H,1-2,5-12,25-27H2. The third-order valence-electron chi connectivity index (χ3n) is 6.57. The number of ether oxygens (including phenoxy) is 5. The van der Waals surface area contributed by atoms with Gasteiger partial charge in [-0.2, -0.15) is 0 Å². The molecule has 232 valence electrons. The third kappa shape index (κ3) is 12.6. The zero-order valence-corrected chi connectivity index (χ0v) is 25.0. The van der Waals surface area contributed by atoms with Crippen molar-refractivity contribution in [3.05, 3.63) is 104 Å². The van der Waals surface area contributed by atoms with E-state index in [0.29, 0.717) is 43.3 Å². The van der Waals surface area contributed by atoms with Gasteiger partial charge in [0.2, 0.25) is 0 Å². The first kappa shape index (κ1) is 33.6. The molecule has 0 saturated carbocycles. The molecule has 0 N–H and O–H groups in total. The zero-order chi connectivity index (χ0) is 31.4. The van der Waals surface area contributed by atoms with Gasteiger partial charge in [-0.1, -0.05) is 37.4 Å². The van der Waals surface area contributed by atoms with E-state index in [0.717, 1.165) is 68.1 Å². The second-order valence-electron chi connectivity index (χ2n) is 9.91. The maximum Gasteiger partial charge on any atom is 0.343 e. The first-order chi connectivity index (χ1) is 21.5. The molecular formula is C36H40O8. The van der Waals surface area contributed by atoms with Crippen LogP contribution in [0.3, 0.4) is 0 Å². The molecule has 8 heteroatoms. The van der Waals surface area contributed by atoms with Gasteiger partial charge in [-0.15, -0.1) is 0 Å². The number of carbonyl (C=O) groups is 3. The van der Waals surface area contributed by atoms with Crippen LogP contribution in [-0.2, 0) is 19.1 Å². The van der Waals surface area contributed by atoms with Crippen LogP contribution in [0.25, 0.3) is 11.1 Å². The Morgan fingerprint density at radius 3 is 1.66 bits per heavy atom. The molecule has 0 amide bonds. The van der Waals surface area contributed by atoms with Crippen LogP contribution in [0.4, 0.5) is 0 Å². The van der Waals surface area contributed by atoms with Crippen molar-refractivity contribution in [2.45, 2.75) is 51.4 Å². The predicted octanol–water partition coefficient (Wildman–Crippen LogP) is 7.87. The van der Waals surface area contributed by atoms with E-state index in [1.54, 1.807) is 36.4 Å². The maximum atomic E-state index is 12.7. The summed E-state index contributed by atoms with van der Waals surface area (Å²) in [5, 5.41) is 0. The summed E-state index contributed by atoms with van der Waals surface area (Å²) in [4.78, 5) is 34.9. The van der Waals surface area contributed by atoms with Gasteiger partial charge in [0.25, 0.3) is 0 Å². The van der Waals surface area contributed by atoms with Gasteiger partial charge >= 0.3 is 17.9 Å². The Morgan fingerprint density at radius 2 is 1.09 bits per heavy atom. The largest absolute Gasteiger partial charge is 0.494 e. The molecule has 0 fully saturated rings. The summed E-state index contributed by atoms with van der Waals surface area (Å²) in [6.07, 6.45) is 8.79. The van der Waals surface area contributed by atoms with Crippen molar-refractivity contribution >= 4 is 17.9 Å². The monoisotopic (exact) mass is 600 g/mol. The van der Waals surface area contributed by atoms with Crippen molar-refractivity contribution in [1.29, 1.82) is 0 Å². The van der Waals surface area contributed by atoms with E-state index in [4.69, 9.17) is 18.9 Å². The van der Waals surface area contributed by atoms with Crippen molar-refractivity contribution in [3.63, 3.8) is 0 Å². The molecule has 44 heavy (non-hydrogen) atoms. The second kappa shape index (κ2) is 19.4. The average molecular weight is 601 g/mol. The van der Waals surface area contributed by atoms with Crippen molar-refractivity contribution in [2.75, 3.05) is 19.8 Å². The fraction of sp³-hybridized carbons (Fsp3) is 0.306. The van der Waals surface area contributed by atoms with E-state index in [2.05, 4.69) is 17.9 Å². The van der Waals surface area contributed by atoms with Crippen LogP contribution >= 0.6 is 0 Å². The highest BCUT2D eigenvalue weighted by molar-refractivity contribution is 5.91. The Kier molecular flexibility index (Phi) is 14.8. The lowest BCUT2D eigenvalue weighted by Gasteiger charge is -2.09. The minimum Gasteiger partial charge on any atom is -0.494 e. The number of carbonyl (C=O) groups excluding carboxylic acids is 3. The number of rotatable bonds is 20. The minimum absolute atomic E-state index is 0.276. The van der Waals surface area contributed by atoms with Gasteiger partial charge in [0.1, 0.15) is 17.2 Å². The van der Waals surface area contributed by atoms with Gasteiger partial charge in [0, 0.05) is 12.5 Å². The molecule has 8 nitrogen and oxygen atoms in total. The molecule has 0 aliphatic carbocycles. The molecule has 0 atom stereocenters. The van der Waals surface area contributed by atoms with E-state index >= 15 is 0 Å². The summed E-state index contributed by atoms with van der Waals surface area (Å²) < 4.78 is 26.7. The van der Waals surface area contributed by atoms with E-state index in [-0.39, 0.29) is 11.9 Å². The quantitative estimate of drug-likeness (QED) is 0.0425. The van der Waals surface area contributed by atoms with Crippen molar-refractivity contribution in [1.82, 2.24) is 0 Å². The summed E-state index contributed by atoms with van der Waals surface area (Å²) in [5.41, 5.74) is 2.44. The number of benzene rings is 3. The maximum absolute atomic E-state index is 12.7. The Hall–Kier alpha value is -4.85. The molecular weight excluding hydrogens is 560 g/mol. The lowest BCUT2D eigenvalue weighted by Crippen LogP contribution is -2.08. The van der Waals surface area contributed by atoms with Gasteiger partial charge in [-0.05, 0) is 105 Å². The van der Waals surface area contributed by atoms with Crippen LogP contribution in [0, 0.1) is 0 Å². The Bertz CT molecular complexity index is 1330. The van der Waals surface area contributed by atoms with E-state index in [1.165, 1.54) is 6.08 Å². The van der Waals surface area contributed by atoms with Crippen LogP contribution < -0.4 is 14.2 Å². The number of hydrogen-bond acceptors (Lipinski definition) is 8. The molecule has 0 aromatic heterocycles. The lowest BCUT2D eigenvalue weighted by molar-refractivity contribution is -0.138. The van der Waals surface area contributed by atoms with Gasteiger partial charge in [-0.25, -0.2) is 9.59 Å².